The molecule has 8 heteroatoms. The number of hydrogen-bond donors (Lipinski definition) is 1. The molecule has 0 aliphatic heterocycles. The van der Waals surface area contributed by atoms with Crippen LogP contribution in [0.2, 0.25) is 0 Å². The van der Waals surface area contributed by atoms with Gasteiger partial charge in [-0.3, -0.25) is 4.79 Å². The fraction of sp³-hybridized carbons (Fsp3) is 0.167. The van der Waals surface area contributed by atoms with E-state index in [-0.39, 0.29) is 11.4 Å². The van der Waals surface area contributed by atoms with Crippen molar-refractivity contribution in [2.75, 3.05) is 11.9 Å². The maximum absolute atomic E-state index is 13.8. The summed E-state index contributed by atoms with van der Waals surface area (Å²) in [6, 6.07) is 7.88. The summed E-state index contributed by atoms with van der Waals surface area (Å²) in [5.41, 5.74) is 0.756. The predicted molar refractivity (Wildman–Crippen MR) is 91.6 cm³/mol. The molecule has 6 nitrogen and oxygen atoms in total. The van der Waals surface area contributed by atoms with E-state index < -0.39 is 17.5 Å². The number of aryl methyl sites for hydroxylation is 1. The maximum Gasteiger partial charge on any atom is 0.277 e. The zero-order valence-electron chi connectivity index (χ0n) is 14.2. The third-order valence-corrected chi connectivity index (χ3v) is 3.56. The van der Waals surface area contributed by atoms with Gasteiger partial charge in [0, 0.05) is 12.3 Å². The number of pyridine rings is 1. The van der Waals surface area contributed by atoms with Crippen LogP contribution in [0.5, 0.6) is 5.75 Å². The van der Waals surface area contributed by atoms with Crippen molar-refractivity contribution in [1.82, 2.24) is 14.8 Å². The Morgan fingerprint density at radius 1 is 1.23 bits per heavy atom. The number of nitrogens with zero attached hydrogens (tertiary/aromatic N) is 3. The average Bonchev–Trinajstić information content (AvgIpc) is 3.07. The lowest BCUT2D eigenvalue weighted by Gasteiger charge is -2.08. The van der Waals surface area contributed by atoms with E-state index in [1.54, 1.807) is 19.1 Å². The van der Waals surface area contributed by atoms with Gasteiger partial charge in [0.25, 0.3) is 5.91 Å². The van der Waals surface area contributed by atoms with Crippen molar-refractivity contribution >= 4 is 11.7 Å². The summed E-state index contributed by atoms with van der Waals surface area (Å²) in [6.45, 7) is 4.16. The first-order valence-electron chi connectivity index (χ1n) is 7.91. The first kappa shape index (κ1) is 17.5. The number of benzene rings is 1. The summed E-state index contributed by atoms with van der Waals surface area (Å²) in [4.78, 5) is 16.6. The molecule has 134 valence electrons. The topological polar surface area (TPSA) is 69.0 Å². The molecule has 0 bridgehead atoms. The third kappa shape index (κ3) is 3.69. The number of aromatic nitrogens is 3. The molecule has 26 heavy (non-hydrogen) atoms. The fourth-order valence-corrected chi connectivity index (χ4v) is 2.35. The molecule has 0 aliphatic carbocycles. The van der Waals surface area contributed by atoms with E-state index in [4.69, 9.17) is 4.74 Å². The van der Waals surface area contributed by atoms with Crippen LogP contribution in [-0.4, -0.2) is 27.3 Å². The van der Waals surface area contributed by atoms with E-state index in [1.807, 2.05) is 6.92 Å². The highest BCUT2D eigenvalue weighted by atomic mass is 19.1. The van der Waals surface area contributed by atoms with Crippen LogP contribution in [0.25, 0.3) is 5.69 Å². The van der Waals surface area contributed by atoms with Gasteiger partial charge in [-0.15, -0.1) is 0 Å². The van der Waals surface area contributed by atoms with E-state index in [2.05, 4.69) is 15.4 Å². The molecule has 0 saturated carbocycles. The molecule has 0 fully saturated rings. The van der Waals surface area contributed by atoms with Crippen molar-refractivity contribution < 1.29 is 18.3 Å². The predicted octanol–water partition coefficient (Wildman–Crippen LogP) is 3.50. The number of halogens is 2. The Balaban J connectivity index is 1.77. The molecule has 0 saturated heterocycles. The molecule has 0 aliphatic rings. The van der Waals surface area contributed by atoms with Crippen molar-refractivity contribution in [3.05, 3.63) is 65.6 Å². The quantitative estimate of drug-likeness (QED) is 0.758. The maximum atomic E-state index is 13.8. The standard InChI is InChI=1S/C18H16F2N4O2/c1-3-26-16-6-7-17(21-11(16)2)22-18(25)14-8-9-24(23-14)15-5-4-12(19)10-13(15)20/h4-10H,3H2,1-2H3,(H,21,22,25). The van der Waals surface area contributed by atoms with Gasteiger partial charge in [0.15, 0.2) is 11.5 Å². The number of carbonyl (C=O) groups is 1. The normalized spacial score (nSPS) is 10.6. The van der Waals surface area contributed by atoms with Crippen LogP contribution in [0.4, 0.5) is 14.6 Å². The summed E-state index contributed by atoms with van der Waals surface area (Å²) in [7, 11) is 0. The Morgan fingerprint density at radius 3 is 2.73 bits per heavy atom. The summed E-state index contributed by atoms with van der Waals surface area (Å²) in [5, 5.41) is 6.65. The van der Waals surface area contributed by atoms with Crippen molar-refractivity contribution in [3.63, 3.8) is 0 Å². The molecule has 0 spiro atoms. The van der Waals surface area contributed by atoms with Gasteiger partial charge in [-0.25, -0.2) is 18.4 Å². The Bertz CT molecular complexity index is 956. The largest absolute Gasteiger partial charge is 0.492 e. The number of amides is 1. The monoisotopic (exact) mass is 358 g/mol. The molecule has 1 amide bonds. The minimum absolute atomic E-state index is 0.0421. The van der Waals surface area contributed by atoms with Crippen LogP contribution < -0.4 is 10.1 Å². The van der Waals surface area contributed by atoms with Gasteiger partial charge in [-0.1, -0.05) is 0 Å². The molecular formula is C18H16F2N4O2. The first-order chi connectivity index (χ1) is 12.5. The van der Waals surface area contributed by atoms with E-state index in [1.165, 1.54) is 23.0 Å². The van der Waals surface area contributed by atoms with Gasteiger partial charge in [0.2, 0.25) is 0 Å². The van der Waals surface area contributed by atoms with Gasteiger partial charge in [-0.2, -0.15) is 5.10 Å². The van der Waals surface area contributed by atoms with Gasteiger partial charge in [0.1, 0.15) is 23.1 Å². The van der Waals surface area contributed by atoms with Crippen LogP contribution in [0.1, 0.15) is 23.1 Å². The molecule has 1 N–H and O–H groups in total. The van der Waals surface area contributed by atoms with Crippen molar-refractivity contribution in [1.29, 1.82) is 0 Å². The van der Waals surface area contributed by atoms with Crippen molar-refractivity contribution in [2.45, 2.75) is 13.8 Å². The molecule has 1 aromatic carbocycles. The number of hydrogen-bond acceptors (Lipinski definition) is 4. The van der Waals surface area contributed by atoms with E-state index >= 15 is 0 Å². The molecule has 3 rings (SSSR count). The lowest BCUT2D eigenvalue weighted by Crippen LogP contribution is -2.14. The molecule has 2 aromatic heterocycles. The van der Waals surface area contributed by atoms with E-state index in [0.717, 1.165) is 12.1 Å². The summed E-state index contributed by atoms with van der Waals surface area (Å²) in [5.74, 6) is -0.973. The van der Waals surface area contributed by atoms with Crippen LogP contribution in [0.3, 0.4) is 0 Å². The number of rotatable bonds is 5. The molecular weight excluding hydrogens is 342 g/mol. The van der Waals surface area contributed by atoms with Crippen LogP contribution in [-0.2, 0) is 0 Å². The first-order valence-corrected chi connectivity index (χ1v) is 7.91. The fourth-order valence-electron chi connectivity index (χ4n) is 2.35. The van der Waals surface area contributed by atoms with Crippen LogP contribution in [0.15, 0.2) is 42.6 Å². The van der Waals surface area contributed by atoms with E-state index in [0.29, 0.717) is 23.9 Å². The minimum Gasteiger partial charge on any atom is -0.492 e. The smallest absolute Gasteiger partial charge is 0.277 e. The Kier molecular flexibility index (Phi) is 4.92. The number of anilines is 1. The second-order valence-corrected chi connectivity index (χ2v) is 5.41. The Labute approximate surface area is 148 Å². The van der Waals surface area contributed by atoms with Gasteiger partial charge >= 0.3 is 0 Å². The molecule has 0 atom stereocenters. The minimum atomic E-state index is -0.774. The molecule has 0 unspecified atom stereocenters. The van der Waals surface area contributed by atoms with Gasteiger partial charge in [0.05, 0.1) is 12.3 Å². The summed E-state index contributed by atoms with van der Waals surface area (Å²) < 4.78 is 33.4. The van der Waals surface area contributed by atoms with Gasteiger partial charge < -0.3 is 10.1 Å². The van der Waals surface area contributed by atoms with E-state index in [9.17, 15) is 13.6 Å². The average molecular weight is 358 g/mol. The zero-order valence-corrected chi connectivity index (χ0v) is 14.2. The number of carbonyl (C=O) groups excluding carboxylic acids is 1. The summed E-state index contributed by atoms with van der Waals surface area (Å²) in [6.07, 6.45) is 1.42. The zero-order chi connectivity index (χ0) is 18.7. The van der Waals surface area contributed by atoms with Gasteiger partial charge in [-0.05, 0) is 44.2 Å². The lowest BCUT2D eigenvalue weighted by atomic mass is 10.3. The summed E-state index contributed by atoms with van der Waals surface area (Å²) >= 11 is 0. The Hall–Kier alpha value is -3.29. The van der Waals surface area contributed by atoms with Crippen molar-refractivity contribution in [3.8, 4) is 11.4 Å². The number of ether oxygens (including phenoxy) is 1. The molecule has 2 heterocycles. The molecule has 0 radical (unpaired) electrons. The highest BCUT2D eigenvalue weighted by Crippen LogP contribution is 2.19. The Morgan fingerprint density at radius 2 is 2.04 bits per heavy atom. The highest BCUT2D eigenvalue weighted by Gasteiger charge is 2.14. The number of nitrogens with one attached hydrogen (secondary N) is 1. The lowest BCUT2D eigenvalue weighted by molar-refractivity contribution is 0.102. The van der Waals surface area contributed by atoms with Crippen molar-refractivity contribution in [2.24, 2.45) is 0 Å². The second kappa shape index (κ2) is 7.30. The molecule has 3 aromatic rings. The highest BCUT2D eigenvalue weighted by molar-refractivity contribution is 6.02. The van der Waals surface area contributed by atoms with Crippen LogP contribution in [0, 0.1) is 18.6 Å². The van der Waals surface area contributed by atoms with Crippen LogP contribution >= 0.6 is 0 Å². The second-order valence-electron chi connectivity index (χ2n) is 5.41. The third-order valence-electron chi connectivity index (χ3n) is 3.56. The SMILES string of the molecule is CCOc1ccc(NC(=O)c2ccn(-c3ccc(F)cc3F)n2)nc1C.